The first-order valence-corrected chi connectivity index (χ1v) is 16.2. The van der Waals surface area contributed by atoms with Crippen molar-refractivity contribution in [2.24, 2.45) is 23.5 Å². The summed E-state index contributed by atoms with van der Waals surface area (Å²) in [6.45, 7) is 6.16. The highest BCUT2D eigenvalue weighted by Crippen LogP contribution is 2.54. The summed E-state index contributed by atoms with van der Waals surface area (Å²) >= 11 is 0. The number of aromatic hydroxyl groups is 1. The van der Waals surface area contributed by atoms with Gasteiger partial charge in [0, 0.05) is 23.6 Å². The van der Waals surface area contributed by atoms with Crippen molar-refractivity contribution in [3.05, 3.63) is 63.9 Å². The van der Waals surface area contributed by atoms with Crippen LogP contribution in [0.5, 0.6) is 11.5 Å². The molecule has 13 heteroatoms. The van der Waals surface area contributed by atoms with E-state index in [1.54, 1.807) is 33.2 Å². The first-order chi connectivity index (χ1) is 23.1. The third-order valence-electron chi connectivity index (χ3n) is 9.89. The lowest BCUT2D eigenvalue weighted by molar-refractivity contribution is -0.153. The number of rotatable bonds is 10. The monoisotopic (exact) mass is 677 g/mol. The van der Waals surface area contributed by atoms with Crippen LogP contribution in [0.3, 0.4) is 0 Å². The van der Waals surface area contributed by atoms with Crippen molar-refractivity contribution in [1.82, 2.24) is 10.2 Å². The molecule has 3 aliphatic carbocycles. The highest BCUT2D eigenvalue weighted by Gasteiger charge is 2.64. The molecule has 0 radical (unpaired) electrons. The number of likely N-dealkylation sites (N-methyl/N-ethyl adjacent to an activating group) is 1. The van der Waals surface area contributed by atoms with Crippen LogP contribution in [0.2, 0.25) is 0 Å². The van der Waals surface area contributed by atoms with Gasteiger partial charge >= 0.3 is 5.97 Å². The molecule has 5 atom stereocenters. The van der Waals surface area contributed by atoms with Gasteiger partial charge in [0.25, 0.3) is 5.91 Å². The minimum Gasteiger partial charge on any atom is -0.508 e. The fourth-order valence-electron chi connectivity index (χ4n) is 7.62. The molecule has 0 aromatic heterocycles. The number of ether oxygens (including phenoxy) is 2. The lowest BCUT2D eigenvalue weighted by atomic mass is 9.57. The molecule has 1 saturated carbocycles. The molecular formula is C36H43N3O10. The SMILES string of the molecule is CCOC(=O)C(NCc1ccc(OC)c(-c2ccc(O)c3c2CC2CC4[C@H](N(C)C)C(=O)C(C(N)=O)=C(O)[C@@]4(O)C(=O)C2=C3O)c1)C(C)C. The summed E-state index contributed by atoms with van der Waals surface area (Å²) in [7, 11) is 4.61. The third kappa shape index (κ3) is 5.75. The van der Waals surface area contributed by atoms with Crippen molar-refractivity contribution in [2.45, 2.75) is 57.8 Å². The topological polar surface area (TPSA) is 209 Å². The molecule has 2 aromatic carbocycles. The van der Waals surface area contributed by atoms with Crippen LogP contribution >= 0.6 is 0 Å². The molecule has 2 aromatic rings. The van der Waals surface area contributed by atoms with Crippen molar-refractivity contribution < 1.29 is 49.1 Å². The second-order valence-electron chi connectivity index (χ2n) is 13.3. The molecule has 0 heterocycles. The van der Waals surface area contributed by atoms with Gasteiger partial charge in [0.15, 0.2) is 11.4 Å². The lowest BCUT2D eigenvalue weighted by Gasteiger charge is -2.50. The number of aliphatic hydroxyl groups excluding tert-OH is 2. The predicted molar refractivity (Wildman–Crippen MR) is 178 cm³/mol. The molecule has 262 valence electrons. The summed E-state index contributed by atoms with van der Waals surface area (Å²) in [6, 6.07) is 6.82. The minimum absolute atomic E-state index is 0.0263. The van der Waals surface area contributed by atoms with Crippen LogP contribution in [0.25, 0.3) is 16.9 Å². The van der Waals surface area contributed by atoms with Gasteiger partial charge in [-0.25, -0.2) is 0 Å². The van der Waals surface area contributed by atoms with Crippen LogP contribution in [-0.2, 0) is 36.9 Å². The average molecular weight is 678 g/mol. The number of carbonyl (C=O) groups is 4. The van der Waals surface area contributed by atoms with E-state index in [0.29, 0.717) is 29.0 Å². The number of nitrogens with zero attached hydrogens (tertiary/aromatic N) is 1. The molecule has 0 aliphatic heterocycles. The Labute approximate surface area is 284 Å². The maximum absolute atomic E-state index is 14.2. The summed E-state index contributed by atoms with van der Waals surface area (Å²) in [5.41, 5.74) is 4.09. The molecule has 5 rings (SSSR count). The molecule has 49 heavy (non-hydrogen) atoms. The number of phenolic OH excluding ortho intramolecular Hbond substituents is 1. The molecule has 1 amide bonds. The van der Waals surface area contributed by atoms with Gasteiger partial charge in [0.2, 0.25) is 5.78 Å². The predicted octanol–water partition coefficient (Wildman–Crippen LogP) is 2.32. The van der Waals surface area contributed by atoms with E-state index in [1.807, 2.05) is 26.0 Å². The van der Waals surface area contributed by atoms with Gasteiger partial charge in [-0.05, 0) is 80.6 Å². The number of phenols is 1. The number of fused-ring (bicyclic) bond motifs is 3. The number of amides is 1. The van der Waals surface area contributed by atoms with Crippen molar-refractivity contribution in [2.75, 3.05) is 27.8 Å². The smallest absolute Gasteiger partial charge is 0.323 e. The van der Waals surface area contributed by atoms with Gasteiger partial charge < -0.3 is 41.0 Å². The van der Waals surface area contributed by atoms with Crippen molar-refractivity contribution in [3.8, 4) is 22.6 Å². The van der Waals surface area contributed by atoms with Gasteiger partial charge in [0.05, 0.1) is 25.3 Å². The number of methoxy groups -OCH3 is 1. The number of carbonyl (C=O) groups excluding carboxylic acids is 4. The molecule has 3 unspecified atom stereocenters. The fourth-order valence-corrected chi connectivity index (χ4v) is 7.62. The maximum Gasteiger partial charge on any atom is 0.323 e. The zero-order valence-corrected chi connectivity index (χ0v) is 28.4. The second-order valence-corrected chi connectivity index (χ2v) is 13.3. The number of nitrogens with two attached hydrogens (primary N) is 1. The fraction of sp³-hybridized carbons (Fsp3) is 0.444. The van der Waals surface area contributed by atoms with Crippen LogP contribution in [0.1, 0.15) is 43.9 Å². The van der Waals surface area contributed by atoms with Gasteiger partial charge in [-0.1, -0.05) is 26.0 Å². The van der Waals surface area contributed by atoms with Crippen molar-refractivity contribution in [3.63, 3.8) is 0 Å². The number of Topliss-reactive ketones (excluding diaryl/α,β-unsaturated/α-hetero) is 2. The number of esters is 1. The highest BCUT2D eigenvalue weighted by atomic mass is 16.5. The molecule has 7 N–H and O–H groups in total. The first kappa shape index (κ1) is 35.6. The molecule has 0 bridgehead atoms. The maximum atomic E-state index is 14.2. The van der Waals surface area contributed by atoms with E-state index in [4.69, 9.17) is 15.2 Å². The van der Waals surface area contributed by atoms with E-state index < -0.39 is 64.1 Å². The first-order valence-electron chi connectivity index (χ1n) is 16.2. The van der Waals surface area contributed by atoms with Gasteiger partial charge in [-0.3, -0.25) is 24.1 Å². The third-order valence-corrected chi connectivity index (χ3v) is 9.89. The largest absolute Gasteiger partial charge is 0.508 e. The summed E-state index contributed by atoms with van der Waals surface area (Å²) in [5.74, 6) is -7.06. The van der Waals surface area contributed by atoms with Crippen LogP contribution in [-0.4, -0.2) is 94.3 Å². The summed E-state index contributed by atoms with van der Waals surface area (Å²) in [4.78, 5) is 53.8. The number of hydrogen-bond acceptors (Lipinski definition) is 12. The van der Waals surface area contributed by atoms with Gasteiger partial charge in [-0.2, -0.15) is 0 Å². The standard InChI is InChI=1S/C36H43N3O10/c1-7-49-35(46)28(16(2)3)38-15-17-8-11-24(48-6)20(12-17)19-9-10-23(40)26-21(19)13-18-14-22-29(39(4)5)31(42)27(34(37)45)33(44)36(22,47)32(43)25(18)30(26)41/h8-12,16,18,22,28-29,38,40-41,44,47H,7,13-15H2,1-6H3,(H2,37,45)/t18?,22?,28?,29-,36-/m0/s1. The van der Waals surface area contributed by atoms with E-state index in [9.17, 15) is 39.6 Å². The molecular weight excluding hydrogens is 634 g/mol. The Bertz CT molecular complexity index is 1790. The Kier molecular flexibility index (Phi) is 9.66. The van der Waals surface area contributed by atoms with E-state index in [-0.39, 0.29) is 48.2 Å². The summed E-state index contributed by atoms with van der Waals surface area (Å²) in [5, 5.41) is 48.9. The molecule has 13 nitrogen and oxygen atoms in total. The Morgan fingerprint density at radius 1 is 1.10 bits per heavy atom. The van der Waals surface area contributed by atoms with Gasteiger partial charge in [-0.15, -0.1) is 0 Å². The number of ketones is 2. The Morgan fingerprint density at radius 3 is 2.39 bits per heavy atom. The zero-order chi connectivity index (χ0) is 36.1. The molecule has 0 spiro atoms. The van der Waals surface area contributed by atoms with E-state index in [1.165, 1.54) is 18.1 Å². The quantitative estimate of drug-likeness (QED) is 0.158. The Hall–Kier alpha value is -4.72. The average Bonchev–Trinajstić information content (AvgIpc) is 3.02. The number of hydrogen-bond donors (Lipinski definition) is 6. The summed E-state index contributed by atoms with van der Waals surface area (Å²) in [6.07, 6.45) is 0.0780. The van der Waals surface area contributed by atoms with Crippen molar-refractivity contribution in [1.29, 1.82) is 0 Å². The molecule has 3 aliphatic rings. The number of benzene rings is 2. The van der Waals surface area contributed by atoms with Crippen molar-refractivity contribution >= 4 is 29.2 Å². The number of aliphatic hydroxyl groups is 3. The second kappa shape index (κ2) is 13.3. The Balaban J connectivity index is 1.62. The van der Waals surface area contributed by atoms with E-state index in [0.717, 1.165) is 5.56 Å². The lowest BCUT2D eigenvalue weighted by Crippen LogP contribution is -2.65. The highest BCUT2D eigenvalue weighted by molar-refractivity contribution is 6.24. The van der Waals surface area contributed by atoms with Crippen LogP contribution in [0, 0.1) is 17.8 Å². The normalized spacial score (nSPS) is 24.1. The minimum atomic E-state index is -2.72. The van der Waals surface area contributed by atoms with Gasteiger partial charge in [0.1, 0.15) is 34.6 Å². The number of primary amides is 1. The summed E-state index contributed by atoms with van der Waals surface area (Å²) < 4.78 is 10.9. The van der Waals surface area contributed by atoms with Crippen LogP contribution in [0.15, 0.2) is 47.2 Å². The van der Waals surface area contributed by atoms with E-state index >= 15 is 0 Å². The molecule has 1 fully saturated rings. The number of nitrogens with one attached hydrogen (secondary N) is 1. The Morgan fingerprint density at radius 2 is 1.80 bits per heavy atom. The zero-order valence-electron chi connectivity index (χ0n) is 28.4. The van der Waals surface area contributed by atoms with E-state index in [2.05, 4.69) is 5.32 Å². The van der Waals surface area contributed by atoms with Crippen LogP contribution in [0.4, 0.5) is 0 Å². The molecule has 0 saturated heterocycles. The van der Waals surface area contributed by atoms with Crippen LogP contribution < -0.4 is 15.8 Å².